The highest BCUT2D eigenvalue weighted by molar-refractivity contribution is 6.00. The number of hydrogen-bond donors (Lipinski definition) is 3. The summed E-state index contributed by atoms with van der Waals surface area (Å²) in [7, 11) is 0. The summed E-state index contributed by atoms with van der Waals surface area (Å²) < 4.78 is 80.8. The molecule has 2 heterocycles. The van der Waals surface area contributed by atoms with E-state index in [-0.39, 0.29) is 17.2 Å². The standard InChI is InChI=1S/C18H14F6N6/c19-9-3-10(20)5-11(4-9)25-16-6-14(17-13(21)1-2-15(22)26-17)28-30(29-16)27-12-7-18(23,24)8-12/h1-6,12,27-28H,7-8H2,(H,25,29). The highest BCUT2D eigenvalue weighted by Crippen LogP contribution is 2.37. The fraction of sp³-hybridized carbons (Fsp3) is 0.222. The van der Waals surface area contributed by atoms with E-state index in [1.165, 1.54) is 6.08 Å². The van der Waals surface area contributed by atoms with Gasteiger partial charge < -0.3 is 0 Å². The Kier molecular flexibility index (Phi) is 5.12. The Balaban J connectivity index is 1.66. The molecule has 1 fully saturated rings. The normalized spacial score (nSPS) is 20.3. The van der Waals surface area contributed by atoms with Gasteiger partial charge >= 0.3 is 0 Å². The topological polar surface area (TPSA) is 64.6 Å². The van der Waals surface area contributed by atoms with Crippen LogP contribution in [0.5, 0.6) is 0 Å². The number of rotatable bonds is 4. The van der Waals surface area contributed by atoms with Crippen LogP contribution in [-0.2, 0) is 0 Å². The Hall–Kier alpha value is -3.12. The van der Waals surface area contributed by atoms with E-state index in [9.17, 15) is 26.3 Å². The SMILES string of the molecule is Fc1cc(F)cc(N=C2C=C(c3nc(F)ccc3F)NN(NC3CC(F)(F)C3)N2)c1. The van der Waals surface area contributed by atoms with Crippen molar-refractivity contribution in [3.63, 3.8) is 0 Å². The summed E-state index contributed by atoms with van der Waals surface area (Å²) >= 11 is 0. The molecule has 12 heteroatoms. The van der Waals surface area contributed by atoms with E-state index in [2.05, 4.69) is 26.3 Å². The maximum Gasteiger partial charge on any atom is 0.251 e. The first kappa shape index (κ1) is 20.2. The lowest BCUT2D eigenvalue weighted by atomic mass is 9.89. The lowest BCUT2D eigenvalue weighted by Gasteiger charge is -2.40. The highest BCUT2D eigenvalue weighted by Gasteiger charge is 2.46. The summed E-state index contributed by atoms with van der Waals surface area (Å²) in [6.07, 6.45) is 0.362. The lowest BCUT2D eigenvalue weighted by molar-refractivity contribution is -0.115. The summed E-state index contributed by atoms with van der Waals surface area (Å²) in [4.78, 5) is 7.52. The van der Waals surface area contributed by atoms with E-state index in [4.69, 9.17) is 0 Å². The molecule has 30 heavy (non-hydrogen) atoms. The van der Waals surface area contributed by atoms with E-state index < -0.39 is 53.9 Å². The molecule has 0 spiro atoms. The molecule has 0 unspecified atom stereocenters. The van der Waals surface area contributed by atoms with Gasteiger partial charge in [0.1, 0.15) is 23.2 Å². The quantitative estimate of drug-likeness (QED) is 0.515. The highest BCUT2D eigenvalue weighted by atomic mass is 19.3. The van der Waals surface area contributed by atoms with Crippen molar-refractivity contribution in [2.75, 3.05) is 0 Å². The molecule has 0 bridgehead atoms. The summed E-state index contributed by atoms with van der Waals surface area (Å²) in [5, 5.41) is 1.02. The van der Waals surface area contributed by atoms with E-state index in [0.717, 1.165) is 29.5 Å². The van der Waals surface area contributed by atoms with Crippen LogP contribution in [0.4, 0.5) is 32.0 Å². The number of alkyl halides is 2. The third kappa shape index (κ3) is 4.54. The number of halogens is 6. The third-order valence-electron chi connectivity index (χ3n) is 4.31. The lowest BCUT2D eigenvalue weighted by Crippen LogP contribution is -2.65. The Bertz CT molecular complexity index is 1010. The van der Waals surface area contributed by atoms with Crippen molar-refractivity contribution in [3.05, 3.63) is 65.5 Å². The zero-order chi connectivity index (χ0) is 21.5. The number of amidine groups is 1. The second-order valence-corrected chi connectivity index (χ2v) is 6.80. The number of nitrogens with one attached hydrogen (secondary N) is 3. The molecule has 0 saturated heterocycles. The minimum absolute atomic E-state index is 0.0437. The van der Waals surface area contributed by atoms with Gasteiger partial charge in [-0.05, 0) is 24.3 Å². The second kappa shape index (κ2) is 7.61. The number of pyridine rings is 1. The number of nitrogens with zero attached hydrogens (tertiary/aromatic N) is 3. The number of benzene rings is 1. The molecule has 4 rings (SSSR count). The summed E-state index contributed by atoms with van der Waals surface area (Å²) in [6.45, 7) is 0. The van der Waals surface area contributed by atoms with Gasteiger partial charge in [-0.3, -0.25) is 10.9 Å². The van der Waals surface area contributed by atoms with Crippen LogP contribution in [0.2, 0.25) is 0 Å². The number of hydrogen-bond acceptors (Lipinski definition) is 5. The molecule has 1 saturated carbocycles. The van der Waals surface area contributed by atoms with Gasteiger partial charge in [0.15, 0.2) is 5.82 Å². The number of aliphatic imine (C=N–C) groups is 1. The van der Waals surface area contributed by atoms with Gasteiger partial charge in [-0.1, -0.05) is 5.23 Å². The molecular weight excluding hydrogens is 414 g/mol. The molecule has 1 aromatic heterocycles. The third-order valence-corrected chi connectivity index (χ3v) is 4.31. The van der Waals surface area contributed by atoms with Crippen molar-refractivity contribution in [1.82, 2.24) is 26.5 Å². The van der Waals surface area contributed by atoms with Crippen LogP contribution in [0.15, 0.2) is 41.4 Å². The van der Waals surface area contributed by atoms with Crippen LogP contribution in [0.1, 0.15) is 18.5 Å². The number of hydrazine groups is 3. The predicted molar refractivity (Wildman–Crippen MR) is 94.8 cm³/mol. The van der Waals surface area contributed by atoms with Gasteiger partial charge in [-0.15, -0.1) is 0 Å². The largest absolute Gasteiger partial charge is 0.285 e. The first-order valence-corrected chi connectivity index (χ1v) is 8.73. The number of aromatic nitrogens is 1. The first-order chi connectivity index (χ1) is 14.2. The average molecular weight is 428 g/mol. The molecule has 0 atom stereocenters. The fourth-order valence-corrected chi connectivity index (χ4v) is 2.99. The molecule has 158 valence electrons. The Morgan fingerprint density at radius 3 is 2.40 bits per heavy atom. The summed E-state index contributed by atoms with van der Waals surface area (Å²) in [6, 6.07) is 3.66. The van der Waals surface area contributed by atoms with Crippen LogP contribution in [0.3, 0.4) is 0 Å². The van der Waals surface area contributed by atoms with E-state index >= 15 is 0 Å². The molecule has 1 aliphatic heterocycles. The van der Waals surface area contributed by atoms with Crippen molar-refractivity contribution in [2.45, 2.75) is 24.8 Å². The van der Waals surface area contributed by atoms with E-state index in [1.807, 2.05) is 0 Å². The minimum Gasteiger partial charge on any atom is -0.285 e. The van der Waals surface area contributed by atoms with Gasteiger partial charge in [-0.25, -0.2) is 37.4 Å². The van der Waals surface area contributed by atoms with Crippen molar-refractivity contribution < 1.29 is 26.3 Å². The predicted octanol–water partition coefficient (Wildman–Crippen LogP) is 3.34. The van der Waals surface area contributed by atoms with Crippen LogP contribution in [0, 0.1) is 23.4 Å². The summed E-state index contributed by atoms with van der Waals surface area (Å²) in [5.41, 5.74) is 7.41. The van der Waals surface area contributed by atoms with Gasteiger partial charge in [-0.2, -0.15) is 4.39 Å². The van der Waals surface area contributed by atoms with Gasteiger partial charge in [0.2, 0.25) is 5.95 Å². The Morgan fingerprint density at radius 2 is 1.73 bits per heavy atom. The average Bonchev–Trinajstić information content (AvgIpc) is 2.61. The Labute approximate surface area is 166 Å². The maximum atomic E-state index is 14.2. The van der Waals surface area contributed by atoms with Crippen molar-refractivity contribution >= 4 is 17.2 Å². The monoisotopic (exact) mass is 428 g/mol. The van der Waals surface area contributed by atoms with Crippen molar-refractivity contribution in [3.8, 4) is 0 Å². The molecular formula is C18H14F6N6. The Morgan fingerprint density at radius 1 is 1.03 bits per heavy atom. The molecule has 0 radical (unpaired) electrons. The van der Waals surface area contributed by atoms with Crippen LogP contribution >= 0.6 is 0 Å². The van der Waals surface area contributed by atoms with Gasteiger partial charge in [0, 0.05) is 31.0 Å². The molecule has 2 aromatic rings. The van der Waals surface area contributed by atoms with Crippen molar-refractivity contribution in [1.29, 1.82) is 0 Å². The molecule has 2 aliphatic rings. The smallest absolute Gasteiger partial charge is 0.251 e. The van der Waals surface area contributed by atoms with Gasteiger partial charge in [0.05, 0.1) is 11.4 Å². The van der Waals surface area contributed by atoms with Crippen molar-refractivity contribution in [2.24, 2.45) is 4.99 Å². The minimum atomic E-state index is -2.79. The molecule has 0 amide bonds. The fourth-order valence-electron chi connectivity index (χ4n) is 2.99. The van der Waals surface area contributed by atoms with Crippen LogP contribution < -0.4 is 16.3 Å². The molecule has 6 nitrogen and oxygen atoms in total. The molecule has 3 N–H and O–H groups in total. The zero-order valence-corrected chi connectivity index (χ0v) is 15.1. The summed E-state index contributed by atoms with van der Waals surface area (Å²) in [5.74, 6) is -6.37. The first-order valence-electron chi connectivity index (χ1n) is 8.73. The second-order valence-electron chi connectivity index (χ2n) is 6.80. The zero-order valence-electron chi connectivity index (χ0n) is 15.1. The van der Waals surface area contributed by atoms with E-state index in [1.54, 1.807) is 0 Å². The van der Waals surface area contributed by atoms with Crippen LogP contribution in [0.25, 0.3) is 5.70 Å². The molecule has 1 aromatic carbocycles. The van der Waals surface area contributed by atoms with Gasteiger partial charge in [0.25, 0.3) is 5.92 Å². The maximum absolute atomic E-state index is 14.2. The van der Waals surface area contributed by atoms with E-state index in [0.29, 0.717) is 6.07 Å². The molecule has 1 aliphatic carbocycles. The van der Waals surface area contributed by atoms with Crippen LogP contribution in [-0.4, -0.2) is 28.0 Å².